The minimum Gasteiger partial charge on any atom is -0.731 e. The fraction of sp³-hybridized carbons (Fsp3) is 0.250. The van der Waals surface area contributed by atoms with Crippen molar-refractivity contribution in [2.45, 2.75) is 6.92 Å². The summed E-state index contributed by atoms with van der Waals surface area (Å²) in [4.78, 5) is 0. The van der Waals surface area contributed by atoms with E-state index in [1.807, 2.05) is 0 Å². The molecule has 0 aliphatic rings. The maximum absolute atomic E-state index is 10.1. The molecule has 0 aliphatic heterocycles. The van der Waals surface area contributed by atoms with Crippen LogP contribution in [0.1, 0.15) is 5.76 Å². The maximum atomic E-state index is 10.1. The number of aryl methyl sites for hydroxylation is 1. The first-order valence-electron chi connectivity index (χ1n) is 2.64. The topological polar surface area (TPSA) is 95.3 Å². The summed E-state index contributed by atoms with van der Waals surface area (Å²) < 4.78 is 36.3. The quantitative estimate of drug-likeness (QED) is 0.402. The number of anilines is 1. The van der Waals surface area contributed by atoms with Crippen molar-refractivity contribution in [1.82, 2.24) is 5.16 Å². The maximum Gasteiger partial charge on any atom is 1.00 e. The second-order valence-corrected chi connectivity index (χ2v) is 2.99. The molecule has 0 spiro atoms. The summed E-state index contributed by atoms with van der Waals surface area (Å²) >= 11 is 0. The van der Waals surface area contributed by atoms with E-state index in [2.05, 4.69) is 9.68 Å². The zero-order valence-corrected chi connectivity index (χ0v) is 9.38. The molecule has 0 radical (unpaired) electrons. The summed E-state index contributed by atoms with van der Waals surface area (Å²) in [5, 5.41) is 3.24. The molecule has 0 unspecified atom stereocenters. The van der Waals surface area contributed by atoms with E-state index in [1.165, 1.54) is 6.07 Å². The van der Waals surface area contributed by atoms with Gasteiger partial charge in [-0.2, -0.15) is 0 Å². The fourth-order valence-electron chi connectivity index (χ4n) is 0.543. The number of hydrogen-bond donors (Lipinski definition) is 1. The molecule has 0 fully saturated rings. The summed E-state index contributed by atoms with van der Waals surface area (Å²) in [5.74, 6) is 0.327. The van der Waals surface area contributed by atoms with Crippen molar-refractivity contribution in [3.63, 3.8) is 0 Å². The number of nitrogens with one attached hydrogen (secondary N) is 1. The smallest absolute Gasteiger partial charge is 0.731 e. The summed E-state index contributed by atoms with van der Waals surface area (Å²) in [6, 6.07) is 1.30. The zero-order valence-electron chi connectivity index (χ0n) is 6.57. The van der Waals surface area contributed by atoms with Gasteiger partial charge in [-0.25, -0.2) is 8.42 Å². The van der Waals surface area contributed by atoms with Crippen molar-refractivity contribution in [2.75, 3.05) is 4.72 Å². The van der Waals surface area contributed by atoms with Crippen LogP contribution in [0, 0.1) is 6.92 Å². The van der Waals surface area contributed by atoms with E-state index in [1.54, 1.807) is 11.6 Å². The van der Waals surface area contributed by atoms with E-state index in [0.717, 1.165) is 0 Å². The molecule has 0 atom stereocenters. The second kappa shape index (κ2) is 4.24. The van der Waals surface area contributed by atoms with Crippen LogP contribution in [-0.4, -0.2) is 18.1 Å². The molecule has 0 bridgehead atoms. The average Bonchev–Trinajstić information content (AvgIpc) is 2.10. The van der Waals surface area contributed by atoms with Crippen LogP contribution < -0.4 is 34.3 Å². The van der Waals surface area contributed by atoms with Crippen molar-refractivity contribution >= 4 is 16.1 Å². The van der Waals surface area contributed by atoms with Gasteiger partial charge in [-0.1, -0.05) is 5.16 Å². The van der Waals surface area contributed by atoms with Crippen LogP contribution in [0.25, 0.3) is 0 Å². The Labute approximate surface area is 91.5 Å². The van der Waals surface area contributed by atoms with Crippen molar-refractivity contribution in [3.8, 4) is 0 Å². The van der Waals surface area contributed by atoms with Crippen molar-refractivity contribution in [3.05, 3.63) is 11.8 Å². The molecule has 12 heavy (non-hydrogen) atoms. The van der Waals surface area contributed by atoms with E-state index in [0.29, 0.717) is 5.76 Å². The van der Waals surface area contributed by atoms with Crippen molar-refractivity contribution < 1.29 is 47.1 Å². The Balaban J connectivity index is 0.00000121. The second-order valence-electron chi connectivity index (χ2n) is 1.88. The predicted octanol–water partition coefficient (Wildman–Crippen LogP) is -3.14. The van der Waals surface area contributed by atoms with Crippen LogP contribution in [0.4, 0.5) is 5.82 Å². The molecule has 1 N–H and O–H groups in total. The molecular weight excluding hydrogens is 195 g/mol. The molecule has 6 nitrogen and oxygen atoms in total. The average molecular weight is 200 g/mol. The number of rotatable bonds is 2. The summed E-state index contributed by atoms with van der Waals surface area (Å²) in [7, 11) is -4.49. The molecule has 0 saturated carbocycles. The first kappa shape index (κ1) is 11.9. The first-order chi connectivity index (χ1) is 4.97. The summed E-state index contributed by atoms with van der Waals surface area (Å²) in [5.41, 5.74) is 0. The van der Waals surface area contributed by atoms with Gasteiger partial charge in [0.1, 0.15) is 5.76 Å². The largest absolute Gasteiger partial charge is 1.00 e. The van der Waals surface area contributed by atoms with Crippen molar-refractivity contribution in [1.29, 1.82) is 0 Å². The molecule has 0 aromatic carbocycles. The summed E-state index contributed by atoms with van der Waals surface area (Å²) in [6.45, 7) is 1.58. The fourth-order valence-corrected chi connectivity index (χ4v) is 0.895. The van der Waals surface area contributed by atoms with Gasteiger partial charge in [0.2, 0.25) is 0 Å². The molecule has 8 heteroatoms. The van der Waals surface area contributed by atoms with E-state index in [-0.39, 0.29) is 35.4 Å². The molecular formula is C4H5N2NaO4S. The standard InChI is InChI=1S/C4H6N2O4S.Na/c1-3-2-4(5-10-3)6-11(7,8)9;/h2H,1H3,(H,5,6)(H,7,8,9);/q;+1/p-1. The Kier molecular flexibility index (Phi) is 4.21. The molecule has 0 aliphatic carbocycles. The monoisotopic (exact) mass is 200 g/mol. The van der Waals surface area contributed by atoms with Gasteiger partial charge < -0.3 is 9.08 Å². The van der Waals surface area contributed by atoms with Gasteiger partial charge in [0, 0.05) is 6.07 Å². The van der Waals surface area contributed by atoms with Gasteiger partial charge in [-0.3, -0.25) is 4.72 Å². The van der Waals surface area contributed by atoms with Gasteiger partial charge in [-0.05, 0) is 6.92 Å². The van der Waals surface area contributed by atoms with Crippen molar-refractivity contribution in [2.24, 2.45) is 0 Å². The van der Waals surface area contributed by atoms with E-state index in [4.69, 9.17) is 0 Å². The van der Waals surface area contributed by atoms with E-state index < -0.39 is 10.3 Å². The van der Waals surface area contributed by atoms with Crippen LogP contribution in [-0.2, 0) is 10.3 Å². The summed E-state index contributed by atoms with van der Waals surface area (Å²) in [6.07, 6.45) is 0. The van der Waals surface area contributed by atoms with Gasteiger partial charge in [0.15, 0.2) is 16.1 Å². The Bertz CT molecular complexity index is 346. The van der Waals surface area contributed by atoms with Gasteiger partial charge in [0.25, 0.3) is 0 Å². The van der Waals surface area contributed by atoms with Crippen LogP contribution in [0.3, 0.4) is 0 Å². The Morgan fingerprint density at radius 2 is 2.25 bits per heavy atom. The number of nitrogens with zero attached hydrogens (tertiary/aromatic N) is 1. The van der Waals surface area contributed by atoms with E-state index in [9.17, 15) is 13.0 Å². The molecule has 1 aromatic heterocycles. The third kappa shape index (κ3) is 4.07. The number of hydrogen-bond acceptors (Lipinski definition) is 5. The van der Waals surface area contributed by atoms with Crippen LogP contribution >= 0.6 is 0 Å². The van der Waals surface area contributed by atoms with Crippen LogP contribution in [0.2, 0.25) is 0 Å². The normalized spacial score (nSPS) is 10.5. The Morgan fingerprint density at radius 3 is 2.58 bits per heavy atom. The third-order valence-corrected chi connectivity index (χ3v) is 1.32. The first-order valence-corrected chi connectivity index (χ1v) is 4.05. The van der Waals surface area contributed by atoms with Gasteiger partial charge in [-0.15, -0.1) is 0 Å². The molecule has 1 rings (SSSR count). The molecule has 1 heterocycles. The van der Waals surface area contributed by atoms with E-state index >= 15 is 0 Å². The third-order valence-electron chi connectivity index (χ3n) is 0.858. The molecule has 0 amide bonds. The Morgan fingerprint density at radius 1 is 1.67 bits per heavy atom. The molecule has 1 aromatic rings. The Hall–Kier alpha value is -0.0800. The zero-order chi connectivity index (χ0) is 8.48. The molecule has 62 valence electrons. The van der Waals surface area contributed by atoms with Gasteiger partial charge in [0.05, 0.1) is 0 Å². The minimum absolute atomic E-state index is 0. The SMILES string of the molecule is Cc1cc(NS(=O)(=O)[O-])no1.[Na+]. The van der Waals surface area contributed by atoms with Gasteiger partial charge >= 0.3 is 29.6 Å². The number of aromatic nitrogens is 1. The molecule has 0 saturated heterocycles. The minimum atomic E-state index is -4.49. The van der Waals surface area contributed by atoms with Crippen LogP contribution in [0.15, 0.2) is 10.6 Å². The van der Waals surface area contributed by atoms with Crippen LogP contribution in [0.5, 0.6) is 0 Å². The predicted molar refractivity (Wildman–Crippen MR) is 34.6 cm³/mol.